The highest BCUT2D eigenvalue weighted by Crippen LogP contribution is 2.18. The third-order valence-corrected chi connectivity index (χ3v) is 3.96. The van der Waals surface area contributed by atoms with Gasteiger partial charge in [0.05, 0.1) is 6.42 Å². The topological polar surface area (TPSA) is 49.4 Å². The number of carbonyl (C=O) groups excluding carboxylic acids is 2. The number of hydrogen-bond donors (Lipinski definition) is 1. The number of anilines is 1. The Morgan fingerprint density at radius 2 is 1.64 bits per heavy atom. The SMILES string of the molecule is CC(C)(C)C(=O)Nc1ccc(CC(=O)N2CCCCC2)cc1. The fourth-order valence-electron chi connectivity index (χ4n) is 2.45. The van der Waals surface area contributed by atoms with E-state index in [1.54, 1.807) is 0 Å². The molecule has 4 nitrogen and oxygen atoms in total. The molecule has 0 unspecified atom stereocenters. The molecule has 1 aliphatic rings. The monoisotopic (exact) mass is 302 g/mol. The largest absolute Gasteiger partial charge is 0.342 e. The van der Waals surface area contributed by atoms with E-state index in [4.69, 9.17) is 0 Å². The molecule has 1 fully saturated rings. The van der Waals surface area contributed by atoms with E-state index in [-0.39, 0.29) is 11.8 Å². The second kappa shape index (κ2) is 6.95. The van der Waals surface area contributed by atoms with Gasteiger partial charge in [0.2, 0.25) is 11.8 Å². The van der Waals surface area contributed by atoms with Crippen molar-refractivity contribution in [3.8, 4) is 0 Å². The van der Waals surface area contributed by atoms with E-state index in [2.05, 4.69) is 5.32 Å². The van der Waals surface area contributed by atoms with Gasteiger partial charge in [-0.3, -0.25) is 9.59 Å². The first-order valence-electron chi connectivity index (χ1n) is 8.04. The molecule has 2 rings (SSSR count). The van der Waals surface area contributed by atoms with Crippen LogP contribution in [0, 0.1) is 5.41 Å². The van der Waals surface area contributed by atoms with Crippen LogP contribution in [0.5, 0.6) is 0 Å². The fourth-order valence-corrected chi connectivity index (χ4v) is 2.45. The first-order valence-corrected chi connectivity index (χ1v) is 8.04. The molecule has 1 saturated heterocycles. The van der Waals surface area contributed by atoms with Crippen LogP contribution in [0.1, 0.15) is 45.6 Å². The lowest BCUT2D eigenvalue weighted by Crippen LogP contribution is -2.36. The Bertz CT molecular complexity index is 523. The predicted molar refractivity (Wildman–Crippen MR) is 88.7 cm³/mol. The maximum atomic E-state index is 12.2. The molecular weight excluding hydrogens is 276 g/mol. The van der Waals surface area contributed by atoms with Crippen molar-refractivity contribution < 1.29 is 9.59 Å². The zero-order valence-corrected chi connectivity index (χ0v) is 13.8. The van der Waals surface area contributed by atoms with E-state index in [1.807, 2.05) is 49.9 Å². The molecule has 22 heavy (non-hydrogen) atoms. The molecular formula is C18H26N2O2. The van der Waals surface area contributed by atoms with Gasteiger partial charge >= 0.3 is 0 Å². The molecule has 1 aliphatic heterocycles. The van der Waals surface area contributed by atoms with Gasteiger partial charge in [0.1, 0.15) is 0 Å². The van der Waals surface area contributed by atoms with E-state index in [0.717, 1.165) is 37.2 Å². The van der Waals surface area contributed by atoms with Crippen LogP contribution in [0.4, 0.5) is 5.69 Å². The molecule has 0 radical (unpaired) electrons. The predicted octanol–water partition coefficient (Wildman–Crippen LogP) is 3.23. The summed E-state index contributed by atoms with van der Waals surface area (Å²) in [6, 6.07) is 7.56. The number of amides is 2. The molecule has 0 aromatic heterocycles. The van der Waals surface area contributed by atoms with Gasteiger partial charge in [-0.05, 0) is 37.0 Å². The Balaban J connectivity index is 1.91. The first kappa shape index (κ1) is 16.5. The third-order valence-electron chi connectivity index (χ3n) is 3.96. The van der Waals surface area contributed by atoms with Crippen LogP contribution in [0.2, 0.25) is 0 Å². The van der Waals surface area contributed by atoms with Gasteiger partial charge < -0.3 is 10.2 Å². The number of carbonyl (C=O) groups is 2. The molecule has 1 N–H and O–H groups in total. The fraction of sp³-hybridized carbons (Fsp3) is 0.556. The number of hydrogen-bond acceptors (Lipinski definition) is 2. The summed E-state index contributed by atoms with van der Waals surface area (Å²) in [7, 11) is 0. The van der Waals surface area contributed by atoms with Crippen molar-refractivity contribution in [2.45, 2.75) is 46.5 Å². The van der Waals surface area contributed by atoms with Gasteiger partial charge in [0.25, 0.3) is 0 Å². The molecule has 4 heteroatoms. The molecule has 0 spiro atoms. The quantitative estimate of drug-likeness (QED) is 0.932. The lowest BCUT2D eigenvalue weighted by Gasteiger charge is -2.26. The van der Waals surface area contributed by atoms with Crippen LogP contribution >= 0.6 is 0 Å². The number of benzene rings is 1. The lowest BCUT2D eigenvalue weighted by molar-refractivity contribution is -0.131. The average molecular weight is 302 g/mol. The minimum atomic E-state index is -0.414. The van der Waals surface area contributed by atoms with E-state index >= 15 is 0 Å². The summed E-state index contributed by atoms with van der Waals surface area (Å²) in [5, 5.41) is 2.89. The molecule has 2 amide bonds. The Labute approximate surface area is 132 Å². The number of nitrogens with one attached hydrogen (secondary N) is 1. The van der Waals surface area contributed by atoms with E-state index in [0.29, 0.717) is 6.42 Å². The van der Waals surface area contributed by atoms with Crippen molar-refractivity contribution in [1.82, 2.24) is 4.90 Å². The van der Waals surface area contributed by atoms with Gasteiger partial charge in [-0.25, -0.2) is 0 Å². The van der Waals surface area contributed by atoms with Crippen LogP contribution in [-0.4, -0.2) is 29.8 Å². The second-order valence-electron chi connectivity index (χ2n) is 7.02. The molecule has 0 atom stereocenters. The standard InChI is InChI=1S/C18H26N2O2/c1-18(2,3)17(22)19-15-9-7-14(8-10-15)13-16(21)20-11-5-4-6-12-20/h7-10H,4-6,11-13H2,1-3H3,(H,19,22). The highest BCUT2D eigenvalue weighted by molar-refractivity contribution is 5.94. The third kappa shape index (κ3) is 4.58. The summed E-state index contributed by atoms with van der Waals surface area (Å²) in [6.45, 7) is 7.42. The van der Waals surface area contributed by atoms with Crippen molar-refractivity contribution in [2.75, 3.05) is 18.4 Å². The Hall–Kier alpha value is -1.84. The van der Waals surface area contributed by atoms with Gasteiger partial charge in [0.15, 0.2) is 0 Å². The van der Waals surface area contributed by atoms with Crippen molar-refractivity contribution >= 4 is 17.5 Å². The number of nitrogens with zero attached hydrogens (tertiary/aromatic N) is 1. The van der Waals surface area contributed by atoms with Gasteiger partial charge in [-0.15, -0.1) is 0 Å². The van der Waals surface area contributed by atoms with E-state index in [9.17, 15) is 9.59 Å². The number of likely N-dealkylation sites (tertiary alicyclic amines) is 1. The molecule has 1 aromatic carbocycles. The minimum absolute atomic E-state index is 0.00959. The zero-order chi connectivity index (χ0) is 16.2. The van der Waals surface area contributed by atoms with Crippen molar-refractivity contribution in [3.05, 3.63) is 29.8 Å². The van der Waals surface area contributed by atoms with Crippen LogP contribution in [-0.2, 0) is 16.0 Å². The Kier molecular flexibility index (Phi) is 5.22. The summed E-state index contributed by atoms with van der Waals surface area (Å²) in [4.78, 5) is 26.1. The lowest BCUT2D eigenvalue weighted by atomic mass is 9.95. The molecule has 0 aliphatic carbocycles. The van der Waals surface area contributed by atoms with Gasteiger partial charge in [-0.2, -0.15) is 0 Å². The summed E-state index contributed by atoms with van der Waals surface area (Å²) in [5.74, 6) is 0.191. The normalized spacial score (nSPS) is 15.5. The van der Waals surface area contributed by atoms with Crippen LogP contribution in [0.25, 0.3) is 0 Å². The second-order valence-corrected chi connectivity index (χ2v) is 7.02. The minimum Gasteiger partial charge on any atom is -0.342 e. The average Bonchev–Trinajstić information content (AvgIpc) is 2.49. The zero-order valence-electron chi connectivity index (χ0n) is 13.8. The molecule has 1 heterocycles. The van der Waals surface area contributed by atoms with Gasteiger partial charge in [-0.1, -0.05) is 32.9 Å². The van der Waals surface area contributed by atoms with Crippen molar-refractivity contribution in [2.24, 2.45) is 5.41 Å². The maximum absolute atomic E-state index is 12.2. The van der Waals surface area contributed by atoms with Crippen LogP contribution in [0.3, 0.4) is 0 Å². The molecule has 0 saturated carbocycles. The maximum Gasteiger partial charge on any atom is 0.229 e. The van der Waals surface area contributed by atoms with Crippen molar-refractivity contribution in [1.29, 1.82) is 0 Å². The van der Waals surface area contributed by atoms with Gasteiger partial charge in [0, 0.05) is 24.2 Å². The number of piperidine rings is 1. The Morgan fingerprint density at radius 1 is 1.05 bits per heavy atom. The molecule has 0 bridgehead atoms. The summed E-state index contributed by atoms with van der Waals surface area (Å²) in [6.07, 6.45) is 3.90. The highest BCUT2D eigenvalue weighted by atomic mass is 16.2. The molecule has 120 valence electrons. The number of rotatable bonds is 3. The summed E-state index contributed by atoms with van der Waals surface area (Å²) < 4.78 is 0. The van der Waals surface area contributed by atoms with E-state index in [1.165, 1.54) is 6.42 Å². The smallest absolute Gasteiger partial charge is 0.229 e. The first-order chi connectivity index (χ1) is 10.4. The van der Waals surface area contributed by atoms with E-state index < -0.39 is 5.41 Å². The van der Waals surface area contributed by atoms with Crippen molar-refractivity contribution in [3.63, 3.8) is 0 Å². The summed E-state index contributed by atoms with van der Waals surface area (Å²) in [5.41, 5.74) is 1.35. The molecule has 1 aromatic rings. The Morgan fingerprint density at radius 3 is 2.18 bits per heavy atom. The summed E-state index contributed by atoms with van der Waals surface area (Å²) >= 11 is 0. The van der Waals surface area contributed by atoms with Crippen LogP contribution < -0.4 is 5.32 Å². The highest BCUT2D eigenvalue weighted by Gasteiger charge is 2.21. The van der Waals surface area contributed by atoms with Crippen LogP contribution in [0.15, 0.2) is 24.3 Å².